The Balaban J connectivity index is 2.69. The molecule has 74 valence electrons. The van der Waals surface area contributed by atoms with Gasteiger partial charge in [-0.3, -0.25) is 0 Å². The van der Waals surface area contributed by atoms with Crippen molar-refractivity contribution < 1.29 is 4.74 Å². The van der Waals surface area contributed by atoms with Gasteiger partial charge < -0.3 is 4.74 Å². The lowest BCUT2D eigenvalue weighted by atomic mass is 10.1. The number of rotatable bonds is 4. The Bertz CT molecular complexity index is 315. The third-order valence-electron chi connectivity index (χ3n) is 2.04. The number of benzene rings is 1. The minimum atomic E-state index is -0.00748. The molecular formula is C11H12ClNO. The van der Waals surface area contributed by atoms with Crippen LogP contribution >= 0.6 is 11.6 Å². The fourth-order valence-corrected chi connectivity index (χ4v) is 1.42. The van der Waals surface area contributed by atoms with Crippen LogP contribution in [0.1, 0.15) is 24.5 Å². The average Bonchev–Trinajstić information content (AvgIpc) is 2.21. The Morgan fingerprint density at radius 3 is 2.57 bits per heavy atom. The maximum atomic E-state index is 8.48. The lowest BCUT2D eigenvalue weighted by Gasteiger charge is -2.13. The molecule has 0 aromatic heterocycles. The summed E-state index contributed by atoms with van der Waals surface area (Å²) >= 11 is 5.77. The highest BCUT2D eigenvalue weighted by Gasteiger charge is 2.09. The van der Waals surface area contributed by atoms with E-state index in [0.29, 0.717) is 17.9 Å². The molecule has 1 atom stereocenters. The molecule has 0 spiro atoms. The van der Waals surface area contributed by atoms with E-state index in [0.717, 1.165) is 5.56 Å². The minimum Gasteiger partial charge on any atom is -0.377 e. The van der Waals surface area contributed by atoms with Crippen molar-refractivity contribution in [1.29, 1.82) is 5.26 Å². The number of nitriles is 1. The molecule has 14 heavy (non-hydrogen) atoms. The zero-order valence-electron chi connectivity index (χ0n) is 8.03. The normalized spacial score (nSPS) is 12.1. The van der Waals surface area contributed by atoms with Gasteiger partial charge in [-0.2, -0.15) is 5.26 Å². The van der Waals surface area contributed by atoms with Crippen molar-refractivity contribution in [3.8, 4) is 6.07 Å². The fourth-order valence-electron chi connectivity index (χ4n) is 1.29. The van der Waals surface area contributed by atoms with Crippen molar-refractivity contribution in [3.05, 3.63) is 34.9 Å². The largest absolute Gasteiger partial charge is 0.377 e. The van der Waals surface area contributed by atoms with Crippen molar-refractivity contribution in [1.82, 2.24) is 0 Å². The number of halogens is 1. The first kappa shape index (κ1) is 11.0. The number of nitrogens with zero attached hydrogens (tertiary/aromatic N) is 1. The van der Waals surface area contributed by atoms with Gasteiger partial charge in [0.25, 0.3) is 0 Å². The molecule has 0 aliphatic heterocycles. The third kappa shape index (κ3) is 3.02. The lowest BCUT2D eigenvalue weighted by Crippen LogP contribution is -2.00. The monoisotopic (exact) mass is 209 g/mol. The summed E-state index contributed by atoms with van der Waals surface area (Å²) in [6.45, 7) is 0. The van der Waals surface area contributed by atoms with Crippen molar-refractivity contribution >= 4 is 11.6 Å². The first-order valence-electron chi connectivity index (χ1n) is 4.43. The summed E-state index contributed by atoms with van der Waals surface area (Å²) in [5.74, 6) is 0. The topological polar surface area (TPSA) is 33.0 Å². The van der Waals surface area contributed by atoms with Crippen LogP contribution in [0.5, 0.6) is 0 Å². The number of ether oxygens (including phenoxy) is 1. The lowest BCUT2D eigenvalue weighted by molar-refractivity contribution is 0.0969. The second-order valence-corrected chi connectivity index (χ2v) is 3.41. The summed E-state index contributed by atoms with van der Waals surface area (Å²) in [6.07, 6.45) is 1.21. The fraction of sp³-hybridized carbons (Fsp3) is 0.364. The van der Waals surface area contributed by atoms with E-state index in [4.69, 9.17) is 21.6 Å². The van der Waals surface area contributed by atoms with E-state index in [9.17, 15) is 0 Å². The van der Waals surface area contributed by atoms with Gasteiger partial charge in [0.05, 0.1) is 12.2 Å². The molecule has 2 nitrogen and oxygen atoms in total. The van der Waals surface area contributed by atoms with Crippen LogP contribution in [0.15, 0.2) is 24.3 Å². The molecule has 0 saturated carbocycles. The number of methoxy groups -OCH3 is 1. The van der Waals surface area contributed by atoms with Crippen LogP contribution in [-0.4, -0.2) is 7.11 Å². The van der Waals surface area contributed by atoms with Gasteiger partial charge in [0.1, 0.15) is 0 Å². The molecule has 1 aromatic rings. The molecule has 0 saturated heterocycles. The zero-order chi connectivity index (χ0) is 10.4. The molecular weight excluding hydrogens is 198 g/mol. The van der Waals surface area contributed by atoms with Crippen molar-refractivity contribution in [2.24, 2.45) is 0 Å². The van der Waals surface area contributed by atoms with Crippen molar-refractivity contribution in [3.63, 3.8) is 0 Å². The predicted octanol–water partition coefficient (Wildman–Crippen LogP) is 3.33. The van der Waals surface area contributed by atoms with Gasteiger partial charge in [0.2, 0.25) is 0 Å². The minimum absolute atomic E-state index is 0.00748. The number of hydrogen-bond donors (Lipinski definition) is 0. The van der Waals surface area contributed by atoms with E-state index in [-0.39, 0.29) is 6.10 Å². The Kier molecular flexibility index (Phi) is 4.45. The van der Waals surface area contributed by atoms with E-state index >= 15 is 0 Å². The predicted molar refractivity (Wildman–Crippen MR) is 56.0 cm³/mol. The molecule has 0 heterocycles. The smallest absolute Gasteiger partial charge is 0.0831 e. The van der Waals surface area contributed by atoms with Gasteiger partial charge in [-0.15, -0.1) is 0 Å². The first-order valence-corrected chi connectivity index (χ1v) is 4.81. The summed E-state index contributed by atoms with van der Waals surface area (Å²) in [5.41, 5.74) is 1.06. The summed E-state index contributed by atoms with van der Waals surface area (Å²) < 4.78 is 5.28. The van der Waals surface area contributed by atoms with Crippen LogP contribution in [-0.2, 0) is 4.74 Å². The maximum Gasteiger partial charge on any atom is 0.0831 e. The quantitative estimate of drug-likeness (QED) is 0.762. The maximum absolute atomic E-state index is 8.48. The Hall–Kier alpha value is -1.04. The van der Waals surface area contributed by atoms with Crippen molar-refractivity contribution in [2.45, 2.75) is 18.9 Å². The van der Waals surface area contributed by atoms with Crippen LogP contribution in [0, 0.1) is 11.3 Å². The van der Waals surface area contributed by atoms with Crippen LogP contribution in [0.25, 0.3) is 0 Å². The van der Waals surface area contributed by atoms with Crippen LogP contribution in [0.4, 0.5) is 0 Å². The zero-order valence-corrected chi connectivity index (χ0v) is 8.79. The van der Waals surface area contributed by atoms with E-state index in [1.54, 1.807) is 7.11 Å². The molecule has 1 aromatic carbocycles. The highest BCUT2D eigenvalue weighted by atomic mass is 35.5. The molecule has 1 unspecified atom stereocenters. The van der Waals surface area contributed by atoms with Gasteiger partial charge in [-0.05, 0) is 24.1 Å². The molecule has 3 heteroatoms. The van der Waals surface area contributed by atoms with Gasteiger partial charge in [0.15, 0.2) is 0 Å². The van der Waals surface area contributed by atoms with E-state index in [1.165, 1.54) is 0 Å². The molecule has 0 aliphatic rings. The van der Waals surface area contributed by atoms with Crippen LogP contribution in [0.2, 0.25) is 5.02 Å². The van der Waals surface area contributed by atoms with Gasteiger partial charge >= 0.3 is 0 Å². The van der Waals surface area contributed by atoms with Gasteiger partial charge in [-0.1, -0.05) is 23.7 Å². The summed E-state index contributed by atoms with van der Waals surface area (Å²) in [5, 5.41) is 9.19. The molecule has 0 radical (unpaired) electrons. The highest BCUT2D eigenvalue weighted by Crippen LogP contribution is 2.23. The van der Waals surface area contributed by atoms with Gasteiger partial charge in [0, 0.05) is 18.6 Å². The second-order valence-electron chi connectivity index (χ2n) is 2.97. The highest BCUT2D eigenvalue weighted by molar-refractivity contribution is 6.30. The summed E-state index contributed by atoms with van der Waals surface area (Å²) in [6, 6.07) is 9.61. The number of hydrogen-bond acceptors (Lipinski definition) is 2. The van der Waals surface area contributed by atoms with Crippen molar-refractivity contribution in [2.75, 3.05) is 7.11 Å². The Morgan fingerprint density at radius 2 is 2.07 bits per heavy atom. The molecule has 0 N–H and O–H groups in total. The summed E-state index contributed by atoms with van der Waals surface area (Å²) in [4.78, 5) is 0. The van der Waals surface area contributed by atoms with E-state index < -0.39 is 0 Å². The Labute approximate surface area is 89.1 Å². The van der Waals surface area contributed by atoms with Crippen LogP contribution < -0.4 is 0 Å². The molecule has 0 aliphatic carbocycles. The van der Waals surface area contributed by atoms with E-state index in [1.807, 2.05) is 24.3 Å². The average molecular weight is 210 g/mol. The van der Waals surface area contributed by atoms with Crippen LogP contribution in [0.3, 0.4) is 0 Å². The molecule has 0 amide bonds. The standard InChI is InChI=1S/C11H12ClNO/c1-14-11(3-2-8-13)9-4-6-10(12)7-5-9/h4-7,11H,2-3H2,1H3. The molecule has 0 fully saturated rings. The first-order chi connectivity index (χ1) is 6.77. The third-order valence-corrected chi connectivity index (χ3v) is 2.30. The summed E-state index contributed by atoms with van der Waals surface area (Å²) in [7, 11) is 1.65. The van der Waals surface area contributed by atoms with Gasteiger partial charge in [-0.25, -0.2) is 0 Å². The molecule has 0 bridgehead atoms. The SMILES string of the molecule is COC(CCC#N)c1ccc(Cl)cc1. The Morgan fingerprint density at radius 1 is 1.43 bits per heavy atom. The molecule has 1 rings (SSSR count). The second kappa shape index (κ2) is 5.64. The van der Waals surface area contributed by atoms with E-state index in [2.05, 4.69) is 6.07 Å².